The zero-order valence-electron chi connectivity index (χ0n) is 16.3. The quantitative estimate of drug-likeness (QED) is 0.823. The Morgan fingerprint density at radius 3 is 2.42 bits per heavy atom. The Labute approximate surface area is 154 Å². The fourth-order valence-electron chi connectivity index (χ4n) is 2.87. The van der Waals surface area contributed by atoms with Gasteiger partial charge >= 0.3 is 12.1 Å². The molecule has 0 radical (unpaired) electrons. The largest absolute Gasteiger partial charge is 0.467 e. The topological polar surface area (TPSA) is 69.6 Å². The first-order chi connectivity index (χ1) is 12.1. The maximum Gasteiger partial charge on any atom is 0.408 e. The van der Waals surface area contributed by atoms with E-state index in [1.54, 1.807) is 20.8 Å². The van der Waals surface area contributed by atoms with Crippen LogP contribution in [0, 0.1) is 0 Å². The van der Waals surface area contributed by atoms with Crippen molar-refractivity contribution in [3.8, 4) is 0 Å². The summed E-state index contributed by atoms with van der Waals surface area (Å²) >= 11 is 0. The second-order valence-electron chi connectivity index (χ2n) is 7.60. The van der Waals surface area contributed by atoms with Crippen molar-refractivity contribution in [1.82, 2.24) is 9.88 Å². The van der Waals surface area contributed by atoms with Crippen molar-refractivity contribution in [2.24, 2.45) is 0 Å². The molecule has 26 heavy (non-hydrogen) atoms. The lowest BCUT2D eigenvalue weighted by Gasteiger charge is -2.22. The number of benzene rings is 1. The lowest BCUT2D eigenvalue weighted by Crippen LogP contribution is -2.45. The lowest BCUT2D eigenvalue weighted by atomic mass is 10.1. The van der Waals surface area contributed by atoms with Crippen LogP contribution in [0.4, 0.5) is 4.79 Å². The molecule has 0 bridgehead atoms. The molecule has 0 saturated carbocycles. The molecular weight excluding hydrogens is 332 g/mol. The Morgan fingerprint density at radius 1 is 1.19 bits per heavy atom. The van der Waals surface area contributed by atoms with E-state index < -0.39 is 23.7 Å². The lowest BCUT2D eigenvalue weighted by molar-refractivity contribution is -0.143. The average molecular weight is 360 g/mol. The van der Waals surface area contributed by atoms with Crippen LogP contribution < -0.4 is 5.32 Å². The van der Waals surface area contributed by atoms with E-state index in [4.69, 9.17) is 9.47 Å². The zero-order chi connectivity index (χ0) is 19.5. The van der Waals surface area contributed by atoms with Gasteiger partial charge in [0.25, 0.3) is 0 Å². The SMILES string of the molecule is COC(=O)[C@H](Cc1cn(C(C)C)c2ccccc12)NC(=O)OC(C)(C)C. The molecule has 0 unspecified atom stereocenters. The van der Waals surface area contributed by atoms with Crippen LogP contribution in [0.25, 0.3) is 10.9 Å². The second kappa shape index (κ2) is 7.81. The number of amides is 1. The van der Waals surface area contributed by atoms with Gasteiger partial charge in [-0.05, 0) is 46.2 Å². The van der Waals surface area contributed by atoms with Gasteiger partial charge in [-0.25, -0.2) is 9.59 Å². The molecule has 0 aliphatic rings. The van der Waals surface area contributed by atoms with E-state index in [2.05, 4.69) is 23.7 Å². The number of rotatable bonds is 5. The highest BCUT2D eigenvalue weighted by molar-refractivity contribution is 5.86. The Balaban J connectivity index is 2.30. The van der Waals surface area contributed by atoms with Gasteiger partial charge in [-0.3, -0.25) is 0 Å². The number of ether oxygens (including phenoxy) is 2. The summed E-state index contributed by atoms with van der Waals surface area (Å²) in [7, 11) is 1.31. The van der Waals surface area contributed by atoms with Crippen molar-refractivity contribution in [2.75, 3.05) is 7.11 Å². The van der Waals surface area contributed by atoms with Crippen LogP contribution in [0.2, 0.25) is 0 Å². The average Bonchev–Trinajstić information content (AvgIpc) is 2.91. The third-order valence-electron chi connectivity index (χ3n) is 3.98. The maximum absolute atomic E-state index is 12.2. The van der Waals surface area contributed by atoms with Crippen molar-refractivity contribution in [3.05, 3.63) is 36.0 Å². The first-order valence-corrected chi connectivity index (χ1v) is 8.78. The minimum absolute atomic E-state index is 0.282. The number of aromatic nitrogens is 1. The molecule has 0 fully saturated rings. The standard InChI is InChI=1S/C20H28N2O4/c1-13(2)22-12-14(15-9-7-8-10-17(15)22)11-16(18(23)25-6)21-19(24)26-20(3,4)5/h7-10,12-13,16H,11H2,1-6H3,(H,21,24)/t16-/m0/s1. The van der Waals surface area contributed by atoms with Gasteiger partial charge in [0.05, 0.1) is 7.11 Å². The van der Waals surface area contributed by atoms with Crippen LogP contribution in [0.15, 0.2) is 30.5 Å². The van der Waals surface area contributed by atoms with Gasteiger partial charge in [-0.15, -0.1) is 0 Å². The molecule has 0 saturated heterocycles. The molecule has 2 rings (SSSR count). The molecule has 142 valence electrons. The molecule has 0 spiro atoms. The third-order valence-corrected chi connectivity index (χ3v) is 3.98. The summed E-state index contributed by atoms with van der Waals surface area (Å²) in [5.74, 6) is -0.503. The summed E-state index contributed by atoms with van der Waals surface area (Å²) in [6.45, 7) is 9.53. The van der Waals surface area contributed by atoms with Gasteiger partial charge in [0.1, 0.15) is 11.6 Å². The smallest absolute Gasteiger partial charge is 0.408 e. The second-order valence-corrected chi connectivity index (χ2v) is 7.60. The molecule has 0 aliphatic carbocycles. The first kappa shape index (κ1) is 19.8. The fraction of sp³-hybridized carbons (Fsp3) is 0.500. The highest BCUT2D eigenvalue weighted by Gasteiger charge is 2.26. The van der Waals surface area contributed by atoms with Crippen molar-refractivity contribution in [3.63, 3.8) is 0 Å². The number of nitrogens with one attached hydrogen (secondary N) is 1. The summed E-state index contributed by atoms with van der Waals surface area (Å²) in [5.41, 5.74) is 1.43. The van der Waals surface area contributed by atoms with Crippen LogP contribution >= 0.6 is 0 Å². The van der Waals surface area contributed by atoms with Crippen molar-refractivity contribution >= 4 is 23.0 Å². The van der Waals surface area contributed by atoms with E-state index in [0.717, 1.165) is 16.5 Å². The summed E-state index contributed by atoms with van der Waals surface area (Å²) < 4.78 is 12.3. The molecule has 0 aliphatic heterocycles. The molecule has 1 aromatic carbocycles. The van der Waals surface area contributed by atoms with Crippen LogP contribution in [-0.2, 0) is 20.7 Å². The summed E-state index contributed by atoms with van der Waals surface area (Å²) in [5, 5.41) is 3.69. The molecule has 6 nitrogen and oxygen atoms in total. The fourth-order valence-corrected chi connectivity index (χ4v) is 2.87. The number of alkyl carbamates (subject to hydrolysis) is 1. The Hall–Kier alpha value is -2.50. The van der Waals surface area contributed by atoms with Gasteiger partial charge in [0, 0.05) is 29.6 Å². The summed E-state index contributed by atoms with van der Waals surface area (Å²) in [6, 6.07) is 7.48. The normalized spacial score (nSPS) is 12.9. The highest BCUT2D eigenvalue weighted by Crippen LogP contribution is 2.25. The molecule has 1 N–H and O–H groups in total. The van der Waals surface area contributed by atoms with Gasteiger partial charge in [0.15, 0.2) is 0 Å². The molecule has 1 aromatic heterocycles. The van der Waals surface area contributed by atoms with E-state index in [1.807, 2.05) is 30.5 Å². The van der Waals surface area contributed by atoms with E-state index in [9.17, 15) is 9.59 Å². The van der Waals surface area contributed by atoms with Gasteiger partial charge in [-0.1, -0.05) is 18.2 Å². The molecule has 2 aromatic rings. The van der Waals surface area contributed by atoms with E-state index in [-0.39, 0.29) is 6.04 Å². The van der Waals surface area contributed by atoms with Gasteiger partial charge in [-0.2, -0.15) is 0 Å². The summed E-state index contributed by atoms with van der Waals surface area (Å²) in [4.78, 5) is 24.3. The number of methoxy groups -OCH3 is 1. The van der Waals surface area contributed by atoms with Gasteiger partial charge < -0.3 is 19.4 Å². The number of nitrogens with zero attached hydrogens (tertiary/aromatic N) is 1. The molecule has 1 heterocycles. The van der Waals surface area contributed by atoms with E-state index in [1.165, 1.54) is 7.11 Å². The Morgan fingerprint density at radius 2 is 1.85 bits per heavy atom. The number of carbonyl (C=O) groups excluding carboxylic acids is 2. The Kier molecular flexibility index (Phi) is 5.95. The molecule has 1 amide bonds. The van der Waals surface area contributed by atoms with Crippen LogP contribution in [0.5, 0.6) is 0 Å². The number of hydrogen-bond acceptors (Lipinski definition) is 4. The number of esters is 1. The number of hydrogen-bond donors (Lipinski definition) is 1. The first-order valence-electron chi connectivity index (χ1n) is 8.78. The monoisotopic (exact) mass is 360 g/mol. The number of carbonyl (C=O) groups is 2. The minimum Gasteiger partial charge on any atom is -0.467 e. The summed E-state index contributed by atoms with van der Waals surface area (Å²) in [6.07, 6.45) is 1.72. The predicted molar refractivity (Wildman–Crippen MR) is 101 cm³/mol. The van der Waals surface area contributed by atoms with Crippen molar-refractivity contribution < 1.29 is 19.1 Å². The van der Waals surface area contributed by atoms with Crippen molar-refractivity contribution in [2.45, 2.75) is 58.7 Å². The van der Waals surface area contributed by atoms with Crippen molar-refractivity contribution in [1.29, 1.82) is 0 Å². The van der Waals surface area contributed by atoms with Crippen LogP contribution in [0.1, 0.15) is 46.2 Å². The van der Waals surface area contributed by atoms with Gasteiger partial charge in [0.2, 0.25) is 0 Å². The maximum atomic E-state index is 12.2. The third kappa shape index (κ3) is 4.77. The minimum atomic E-state index is -0.818. The Bertz CT molecular complexity index is 787. The van der Waals surface area contributed by atoms with Crippen LogP contribution in [0.3, 0.4) is 0 Å². The predicted octanol–water partition coefficient (Wildman–Crippen LogP) is 3.83. The molecule has 6 heteroatoms. The number of para-hydroxylation sites is 1. The van der Waals surface area contributed by atoms with E-state index >= 15 is 0 Å². The molecular formula is C20H28N2O4. The zero-order valence-corrected chi connectivity index (χ0v) is 16.3. The number of fused-ring (bicyclic) bond motifs is 1. The van der Waals surface area contributed by atoms with E-state index in [0.29, 0.717) is 6.42 Å². The van der Waals surface area contributed by atoms with Crippen LogP contribution in [-0.4, -0.2) is 35.4 Å². The highest BCUT2D eigenvalue weighted by atomic mass is 16.6. The molecule has 1 atom stereocenters.